The highest BCUT2D eigenvalue weighted by Gasteiger charge is 2.23. The number of piperidine rings is 1. The summed E-state index contributed by atoms with van der Waals surface area (Å²) in [5.74, 6) is 1.63. The molecule has 31 heavy (non-hydrogen) atoms. The first-order valence-corrected chi connectivity index (χ1v) is 11.4. The number of aryl methyl sites for hydroxylation is 1. The van der Waals surface area contributed by atoms with Gasteiger partial charge in [-0.25, -0.2) is 19.3 Å². The monoisotopic (exact) mass is 440 g/mol. The minimum absolute atomic E-state index is 0.0497. The van der Waals surface area contributed by atoms with Crippen LogP contribution in [0.4, 0.5) is 21.7 Å². The number of anilines is 3. The van der Waals surface area contributed by atoms with Crippen LogP contribution in [-0.2, 0) is 0 Å². The van der Waals surface area contributed by atoms with E-state index in [1.807, 2.05) is 32.4 Å². The summed E-state index contributed by atoms with van der Waals surface area (Å²) >= 11 is 1.50. The van der Waals surface area contributed by atoms with E-state index in [1.54, 1.807) is 12.3 Å². The summed E-state index contributed by atoms with van der Waals surface area (Å²) < 4.78 is 20.5. The average molecular weight is 441 g/mol. The molecule has 162 valence electrons. The third-order valence-corrected chi connectivity index (χ3v) is 6.00. The first-order chi connectivity index (χ1) is 15.0. The van der Waals surface area contributed by atoms with Gasteiger partial charge in [-0.05, 0) is 38.3 Å². The molecule has 3 heterocycles. The lowest BCUT2D eigenvalue weighted by molar-refractivity contribution is 0.162. The van der Waals surface area contributed by atoms with Crippen LogP contribution < -0.4 is 15.0 Å². The van der Waals surface area contributed by atoms with Gasteiger partial charge in [0, 0.05) is 30.8 Å². The molecular weight excluding hydrogens is 415 g/mol. The SMILES string of the molecule is CSc1ccc(Nc2ncnc(OC3CCN(c4cnc(C)cn4)CC3)c2C)c(F)c1. The molecule has 1 aliphatic heterocycles. The zero-order valence-corrected chi connectivity index (χ0v) is 18.6. The highest BCUT2D eigenvalue weighted by molar-refractivity contribution is 7.98. The number of rotatable bonds is 6. The molecule has 3 aromatic rings. The van der Waals surface area contributed by atoms with Crippen LogP contribution in [0.1, 0.15) is 24.1 Å². The molecule has 0 radical (unpaired) electrons. The molecule has 7 nitrogen and oxygen atoms in total. The smallest absolute Gasteiger partial charge is 0.221 e. The van der Waals surface area contributed by atoms with Crippen LogP contribution >= 0.6 is 11.8 Å². The van der Waals surface area contributed by atoms with E-state index in [0.717, 1.165) is 47.9 Å². The van der Waals surface area contributed by atoms with Gasteiger partial charge in [-0.2, -0.15) is 0 Å². The van der Waals surface area contributed by atoms with E-state index in [0.29, 0.717) is 17.4 Å². The van der Waals surface area contributed by atoms with Crippen molar-refractivity contribution < 1.29 is 9.13 Å². The quantitative estimate of drug-likeness (QED) is 0.560. The van der Waals surface area contributed by atoms with Crippen molar-refractivity contribution in [2.75, 3.05) is 29.6 Å². The Kier molecular flexibility index (Phi) is 6.50. The van der Waals surface area contributed by atoms with Crippen LogP contribution in [-0.4, -0.2) is 45.4 Å². The van der Waals surface area contributed by atoms with Crippen molar-refractivity contribution in [1.29, 1.82) is 0 Å². The van der Waals surface area contributed by atoms with Gasteiger partial charge < -0.3 is 15.0 Å². The summed E-state index contributed by atoms with van der Waals surface area (Å²) in [6.45, 7) is 5.48. The maximum Gasteiger partial charge on any atom is 0.221 e. The predicted molar refractivity (Wildman–Crippen MR) is 121 cm³/mol. The number of ether oxygens (including phenoxy) is 1. The summed E-state index contributed by atoms with van der Waals surface area (Å²) in [5, 5.41) is 3.06. The summed E-state index contributed by atoms with van der Waals surface area (Å²) in [5.41, 5.74) is 2.03. The molecule has 2 aromatic heterocycles. The summed E-state index contributed by atoms with van der Waals surface area (Å²) in [6, 6.07) is 5.09. The Morgan fingerprint density at radius 2 is 1.90 bits per heavy atom. The molecule has 0 aliphatic carbocycles. The number of benzene rings is 1. The second kappa shape index (κ2) is 9.47. The van der Waals surface area contributed by atoms with E-state index in [-0.39, 0.29) is 11.9 Å². The van der Waals surface area contributed by atoms with E-state index in [2.05, 4.69) is 30.2 Å². The first-order valence-electron chi connectivity index (χ1n) is 10.2. The highest BCUT2D eigenvalue weighted by atomic mass is 32.2. The Morgan fingerprint density at radius 3 is 2.58 bits per heavy atom. The second-order valence-electron chi connectivity index (χ2n) is 7.44. The molecule has 0 atom stereocenters. The topological polar surface area (TPSA) is 76.1 Å². The normalized spacial score (nSPS) is 14.5. The molecule has 4 rings (SSSR count). The van der Waals surface area contributed by atoms with E-state index in [4.69, 9.17) is 4.74 Å². The Hall–Kier alpha value is -2.94. The van der Waals surface area contributed by atoms with E-state index in [1.165, 1.54) is 24.2 Å². The van der Waals surface area contributed by atoms with Gasteiger partial charge in [-0.3, -0.25) is 4.98 Å². The van der Waals surface area contributed by atoms with Crippen LogP contribution in [0.15, 0.2) is 41.8 Å². The van der Waals surface area contributed by atoms with Crippen molar-refractivity contribution in [2.45, 2.75) is 37.7 Å². The number of hydrogen-bond acceptors (Lipinski definition) is 8. The summed E-state index contributed by atoms with van der Waals surface area (Å²) in [7, 11) is 0. The van der Waals surface area contributed by atoms with Gasteiger partial charge in [0.05, 0.1) is 29.3 Å². The molecule has 0 amide bonds. The second-order valence-corrected chi connectivity index (χ2v) is 8.32. The third-order valence-electron chi connectivity index (χ3n) is 5.28. The molecule has 1 aromatic carbocycles. The predicted octanol–water partition coefficient (Wildman–Crippen LogP) is 4.54. The molecule has 1 saturated heterocycles. The fourth-order valence-corrected chi connectivity index (χ4v) is 3.87. The Bertz CT molecular complexity index is 1040. The lowest BCUT2D eigenvalue weighted by Gasteiger charge is -2.32. The van der Waals surface area contributed by atoms with E-state index >= 15 is 0 Å². The number of nitrogens with zero attached hydrogens (tertiary/aromatic N) is 5. The summed E-state index contributed by atoms with van der Waals surface area (Å²) in [4.78, 5) is 20.4. The number of nitrogens with one attached hydrogen (secondary N) is 1. The van der Waals surface area contributed by atoms with E-state index < -0.39 is 0 Å². The minimum Gasteiger partial charge on any atom is -0.474 e. The number of halogens is 1. The van der Waals surface area contributed by atoms with Crippen LogP contribution in [0.5, 0.6) is 5.88 Å². The molecule has 0 unspecified atom stereocenters. The molecule has 1 fully saturated rings. The maximum absolute atomic E-state index is 14.4. The van der Waals surface area contributed by atoms with Gasteiger partial charge in [-0.15, -0.1) is 11.8 Å². The molecule has 0 bridgehead atoms. The van der Waals surface area contributed by atoms with Gasteiger partial charge in [0.1, 0.15) is 29.9 Å². The van der Waals surface area contributed by atoms with Crippen molar-refractivity contribution in [3.8, 4) is 5.88 Å². The lowest BCUT2D eigenvalue weighted by atomic mass is 10.1. The first kappa shape index (κ1) is 21.3. The van der Waals surface area contributed by atoms with Gasteiger partial charge in [0.2, 0.25) is 5.88 Å². The number of hydrogen-bond donors (Lipinski definition) is 1. The molecule has 9 heteroatoms. The van der Waals surface area contributed by atoms with Crippen molar-refractivity contribution in [3.63, 3.8) is 0 Å². The van der Waals surface area contributed by atoms with Crippen LogP contribution in [0, 0.1) is 19.7 Å². The van der Waals surface area contributed by atoms with Gasteiger partial charge >= 0.3 is 0 Å². The van der Waals surface area contributed by atoms with Crippen molar-refractivity contribution in [3.05, 3.63) is 54.0 Å². The lowest BCUT2D eigenvalue weighted by Crippen LogP contribution is -2.39. The van der Waals surface area contributed by atoms with E-state index in [9.17, 15) is 4.39 Å². The van der Waals surface area contributed by atoms with Crippen LogP contribution in [0.2, 0.25) is 0 Å². The largest absolute Gasteiger partial charge is 0.474 e. The molecular formula is C22H25FN6OS. The zero-order chi connectivity index (χ0) is 21.8. The molecule has 0 spiro atoms. The van der Waals surface area contributed by atoms with Crippen LogP contribution in [0.3, 0.4) is 0 Å². The molecule has 0 saturated carbocycles. The Labute approximate surface area is 185 Å². The molecule has 1 N–H and O–H groups in total. The minimum atomic E-state index is -0.320. The van der Waals surface area contributed by atoms with Crippen molar-refractivity contribution in [1.82, 2.24) is 19.9 Å². The van der Waals surface area contributed by atoms with Gasteiger partial charge in [0.25, 0.3) is 0 Å². The summed E-state index contributed by atoms with van der Waals surface area (Å²) in [6.07, 6.45) is 8.71. The fourth-order valence-electron chi connectivity index (χ4n) is 3.44. The maximum atomic E-state index is 14.4. The Balaban J connectivity index is 1.40. The van der Waals surface area contributed by atoms with Gasteiger partial charge in [-0.1, -0.05) is 0 Å². The third kappa shape index (κ3) is 5.04. The van der Waals surface area contributed by atoms with Crippen molar-refractivity contribution in [2.24, 2.45) is 0 Å². The highest BCUT2D eigenvalue weighted by Crippen LogP contribution is 2.29. The fraction of sp³-hybridized carbons (Fsp3) is 0.364. The number of thioether (sulfide) groups is 1. The molecule has 1 aliphatic rings. The zero-order valence-electron chi connectivity index (χ0n) is 17.8. The Morgan fingerprint density at radius 1 is 1.10 bits per heavy atom. The average Bonchev–Trinajstić information content (AvgIpc) is 2.79. The number of aromatic nitrogens is 4. The standard InChI is InChI=1S/C22H25FN6OS/c1-14-11-25-20(12-24-14)29-8-6-16(7-9-29)30-22-15(2)21(26-13-27-22)28-19-5-4-17(31-3)10-18(19)23/h4-5,10-13,16H,6-9H2,1-3H3,(H,26,27,28). The van der Waals surface area contributed by atoms with Crippen molar-refractivity contribution >= 4 is 29.1 Å². The van der Waals surface area contributed by atoms with Crippen LogP contribution in [0.25, 0.3) is 0 Å². The van der Waals surface area contributed by atoms with Gasteiger partial charge in [0.15, 0.2) is 0 Å².